The van der Waals surface area contributed by atoms with Crippen molar-refractivity contribution in [3.05, 3.63) is 42.5 Å². The highest BCUT2D eigenvalue weighted by atomic mass is 31.1. The molecule has 158 valence electrons. The first kappa shape index (κ1) is 22.2. The van der Waals surface area contributed by atoms with Crippen molar-refractivity contribution in [1.29, 1.82) is 0 Å². The highest BCUT2D eigenvalue weighted by molar-refractivity contribution is 7.67. The van der Waals surface area contributed by atoms with Crippen LogP contribution in [0, 0.1) is 0 Å². The van der Waals surface area contributed by atoms with Crippen LogP contribution in [0.15, 0.2) is 42.5 Å². The molecule has 0 spiro atoms. The third-order valence-electron chi connectivity index (χ3n) is 6.33. The molecule has 2 aromatic rings. The van der Waals surface area contributed by atoms with Crippen molar-refractivity contribution in [2.24, 2.45) is 0 Å². The lowest BCUT2D eigenvalue weighted by Gasteiger charge is -2.38. The first-order valence-corrected chi connectivity index (χ1v) is 12.8. The van der Waals surface area contributed by atoms with Gasteiger partial charge < -0.3 is 9.47 Å². The van der Waals surface area contributed by atoms with Gasteiger partial charge in [-0.2, -0.15) is 0 Å². The van der Waals surface area contributed by atoms with Gasteiger partial charge in [0.25, 0.3) is 0 Å². The van der Waals surface area contributed by atoms with Gasteiger partial charge in [0.1, 0.15) is 11.5 Å². The molecule has 3 rings (SSSR count). The molecule has 2 aromatic carbocycles. The highest BCUT2D eigenvalue weighted by Crippen LogP contribution is 2.55. The fourth-order valence-corrected chi connectivity index (χ4v) is 8.91. The van der Waals surface area contributed by atoms with Crippen LogP contribution in [0.4, 0.5) is 0 Å². The Morgan fingerprint density at radius 1 is 0.897 bits per heavy atom. The summed E-state index contributed by atoms with van der Waals surface area (Å²) in [6.07, 6.45) is 10.9. The van der Waals surface area contributed by atoms with Crippen LogP contribution in [0.5, 0.6) is 11.5 Å². The molecule has 0 N–H and O–H groups in total. The molecular formula is C26H37O2P. The molecule has 0 radical (unpaired) electrons. The molecule has 0 aromatic heterocycles. The largest absolute Gasteiger partial charge is 0.496 e. The Bertz CT molecular complexity index is 740. The van der Waals surface area contributed by atoms with Crippen LogP contribution in [-0.4, -0.2) is 25.5 Å². The number of methoxy groups -OCH3 is 2. The summed E-state index contributed by atoms with van der Waals surface area (Å²) in [6.45, 7) is 4.73. The maximum absolute atomic E-state index is 5.78. The van der Waals surface area contributed by atoms with Gasteiger partial charge in [-0.05, 0) is 60.0 Å². The predicted molar refractivity (Wildman–Crippen MR) is 127 cm³/mol. The molecule has 1 aliphatic rings. The highest BCUT2D eigenvalue weighted by Gasteiger charge is 2.32. The van der Waals surface area contributed by atoms with Gasteiger partial charge in [-0.3, -0.25) is 0 Å². The Hall–Kier alpha value is -1.53. The first-order valence-electron chi connectivity index (χ1n) is 11.3. The first-order chi connectivity index (χ1) is 14.2. The maximum Gasteiger partial charge on any atom is 0.130 e. The molecular weight excluding hydrogens is 375 g/mol. The Morgan fingerprint density at radius 3 is 2.14 bits per heavy atom. The fraction of sp³-hybridized carbons (Fsp3) is 0.538. The molecule has 2 unspecified atom stereocenters. The van der Waals surface area contributed by atoms with E-state index in [-0.39, 0.29) is 7.92 Å². The molecule has 0 aliphatic heterocycles. The molecule has 3 heteroatoms. The quantitative estimate of drug-likeness (QED) is 0.400. The standard InChI is InChI=1S/C26H37O2P/c1-5-13-20(6-2)29(21-14-8-7-9-15-21)25-19-11-10-16-22(25)26-23(27-3)17-12-18-24(26)28-4/h10-12,16-21H,5-9,13-15H2,1-4H3. The van der Waals surface area contributed by atoms with Gasteiger partial charge in [0.15, 0.2) is 0 Å². The van der Waals surface area contributed by atoms with E-state index in [0.29, 0.717) is 0 Å². The van der Waals surface area contributed by atoms with E-state index in [1.165, 1.54) is 56.9 Å². The van der Waals surface area contributed by atoms with E-state index in [0.717, 1.165) is 28.4 Å². The minimum absolute atomic E-state index is 0.234. The number of ether oxygens (including phenoxy) is 2. The lowest BCUT2D eigenvalue weighted by Crippen LogP contribution is -2.25. The summed E-state index contributed by atoms with van der Waals surface area (Å²) in [7, 11) is 3.29. The SMILES string of the molecule is CCCC(CC)P(c1ccccc1-c1c(OC)cccc1OC)C1CCCCC1. The van der Waals surface area contributed by atoms with Crippen LogP contribution < -0.4 is 14.8 Å². The normalized spacial score (nSPS) is 17.0. The summed E-state index contributed by atoms with van der Waals surface area (Å²) in [6, 6.07) is 15.2. The number of rotatable bonds is 9. The molecule has 0 heterocycles. The van der Waals surface area contributed by atoms with E-state index < -0.39 is 0 Å². The summed E-state index contributed by atoms with van der Waals surface area (Å²) in [5.74, 6) is 1.80. The van der Waals surface area contributed by atoms with E-state index in [1.807, 2.05) is 6.07 Å². The second-order valence-corrected chi connectivity index (χ2v) is 10.9. The Labute approximate surface area is 178 Å². The zero-order valence-electron chi connectivity index (χ0n) is 18.6. The topological polar surface area (TPSA) is 18.5 Å². The van der Waals surface area contributed by atoms with Gasteiger partial charge in [0.2, 0.25) is 0 Å². The Balaban J connectivity index is 2.16. The minimum atomic E-state index is -0.234. The number of benzene rings is 2. The van der Waals surface area contributed by atoms with Crippen LogP contribution in [0.2, 0.25) is 0 Å². The minimum Gasteiger partial charge on any atom is -0.496 e. The van der Waals surface area contributed by atoms with Crippen molar-refractivity contribution in [3.8, 4) is 22.6 Å². The molecule has 1 aliphatic carbocycles. The van der Waals surface area contributed by atoms with E-state index in [1.54, 1.807) is 19.5 Å². The molecule has 0 amide bonds. The van der Waals surface area contributed by atoms with Gasteiger partial charge in [0, 0.05) is 0 Å². The average Bonchev–Trinajstić information content (AvgIpc) is 2.79. The zero-order chi connectivity index (χ0) is 20.6. The van der Waals surface area contributed by atoms with Crippen molar-refractivity contribution in [2.45, 2.75) is 76.5 Å². The average molecular weight is 413 g/mol. The summed E-state index contributed by atoms with van der Waals surface area (Å²) in [4.78, 5) is 0. The summed E-state index contributed by atoms with van der Waals surface area (Å²) < 4.78 is 11.6. The Kier molecular flexibility index (Phi) is 8.42. The predicted octanol–water partition coefficient (Wildman–Crippen LogP) is 7.39. The van der Waals surface area contributed by atoms with E-state index in [4.69, 9.17) is 9.47 Å². The van der Waals surface area contributed by atoms with Crippen molar-refractivity contribution >= 4 is 13.2 Å². The number of hydrogen-bond acceptors (Lipinski definition) is 2. The van der Waals surface area contributed by atoms with Crippen molar-refractivity contribution < 1.29 is 9.47 Å². The molecule has 0 saturated heterocycles. The van der Waals surface area contributed by atoms with Crippen LogP contribution in [0.3, 0.4) is 0 Å². The molecule has 0 bridgehead atoms. The van der Waals surface area contributed by atoms with Gasteiger partial charge in [-0.15, -0.1) is 0 Å². The van der Waals surface area contributed by atoms with Gasteiger partial charge in [-0.25, -0.2) is 0 Å². The van der Waals surface area contributed by atoms with Crippen molar-refractivity contribution in [2.75, 3.05) is 14.2 Å². The lowest BCUT2D eigenvalue weighted by molar-refractivity contribution is 0.397. The third kappa shape index (κ3) is 4.97. The Morgan fingerprint density at radius 2 is 1.55 bits per heavy atom. The lowest BCUT2D eigenvalue weighted by atomic mass is 10.0. The zero-order valence-corrected chi connectivity index (χ0v) is 19.5. The van der Waals surface area contributed by atoms with E-state index in [2.05, 4.69) is 50.2 Å². The van der Waals surface area contributed by atoms with Crippen LogP contribution in [0.1, 0.15) is 65.2 Å². The van der Waals surface area contributed by atoms with Crippen molar-refractivity contribution in [3.63, 3.8) is 0 Å². The van der Waals surface area contributed by atoms with Crippen LogP contribution in [0.25, 0.3) is 11.1 Å². The molecule has 1 fully saturated rings. The van der Waals surface area contributed by atoms with E-state index in [9.17, 15) is 0 Å². The smallest absolute Gasteiger partial charge is 0.130 e. The molecule has 2 nitrogen and oxygen atoms in total. The number of hydrogen-bond donors (Lipinski definition) is 0. The molecule has 29 heavy (non-hydrogen) atoms. The summed E-state index contributed by atoms with van der Waals surface area (Å²) >= 11 is 0. The maximum atomic E-state index is 5.78. The summed E-state index contributed by atoms with van der Waals surface area (Å²) in [5, 5.41) is 1.55. The van der Waals surface area contributed by atoms with Gasteiger partial charge in [0.05, 0.1) is 19.8 Å². The van der Waals surface area contributed by atoms with Crippen molar-refractivity contribution in [1.82, 2.24) is 0 Å². The molecule has 1 saturated carbocycles. The van der Waals surface area contributed by atoms with Gasteiger partial charge in [-0.1, -0.05) is 77.8 Å². The summed E-state index contributed by atoms with van der Waals surface area (Å²) in [5.41, 5.74) is 4.06. The second kappa shape index (κ2) is 11.0. The monoisotopic (exact) mass is 412 g/mol. The van der Waals surface area contributed by atoms with Crippen LogP contribution >= 0.6 is 7.92 Å². The van der Waals surface area contributed by atoms with Crippen LogP contribution in [-0.2, 0) is 0 Å². The van der Waals surface area contributed by atoms with Gasteiger partial charge >= 0.3 is 0 Å². The third-order valence-corrected chi connectivity index (χ3v) is 9.99. The van der Waals surface area contributed by atoms with E-state index >= 15 is 0 Å². The fourth-order valence-electron chi connectivity index (χ4n) is 4.95. The second-order valence-electron chi connectivity index (χ2n) is 8.10. The molecule has 2 atom stereocenters.